The maximum Gasteiger partial charge on any atom is 0.124 e. The standard InChI is InChI=1S/C17H27NO/c1-3-13-19-15-10-6-5-9-14(15)16(18)17(2)11-7-4-8-12-17/h5-6,9-10,16H,3-4,7-8,11-13,18H2,1-2H3. The Morgan fingerprint density at radius 2 is 1.89 bits per heavy atom. The summed E-state index contributed by atoms with van der Waals surface area (Å²) >= 11 is 0. The minimum absolute atomic E-state index is 0.0841. The van der Waals surface area contributed by atoms with Crippen LogP contribution < -0.4 is 10.5 Å². The fourth-order valence-corrected chi connectivity index (χ4v) is 3.13. The number of benzene rings is 1. The molecule has 2 nitrogen and oxygen atoms in total. The molecule has 1 unspecified atom stereocenters. The van der Waals surface area contributed by atoms with E-state index in [0.29, 0.717) is 0 Å². The summed E-state index contributed by atoms with van der Waals surface area (Å²) in [5.74, 6) is 0.976. The molecule has 0 heterocycles. The highest BCUT2D eigenvalue weighted by molar-refractivity contribution is 5.37. The van der Waals surface area contributed by atoms with Crippen LogP contribution in [0.4, 0.5) is 0 Å². The highest BCUT2D eigenvalue weighted by Crippen LogP contribution is 2.46. The Balaban J connectivity index is 2.19. The van der Waals surface area contributed by atoms with E-state index < -0.39 is 0 Å². The summed E-state index contributed by atoms with van der Waals surface area (Å²) < 4.78 is 5.86. The normalized spacial score (nSPS) is 19.9. The summed E-state index contributed by atoms with van der Waals surface area (Å²) in [5.41, 5.74) is 8.00. The Kier molecular flexibility index (Phi) is 4.87. The van der Waals surface area contributed by atoms with Gasteiger partial charge in [-0.1, -0.05) is 51.3 Å². The van der Waals surface area contributed by atoms with E-state index in [4.69, 9.17) is 10.5 Å². The molecule has 1 aromatic carbocycles. The first-order chi connectivity index (χ1) is 9.17. The zero-order valence-electron chi connectivity index (χ0n) is 12.3. The van der Waals surface area contributed by atoms with Crippen LogP contribution in [-0.4, -0.2) is 6.61 Å². The molecule has 2 heteroatoms. The van der Waals surface area contributed by atoms with Crippen LogP contribution in [0.25, 0.3) is 0 Å². The van der Waals surface area contributed by atoms with Gasteiger partial charge in [-0.2, -0.15) is 0 Å². The van der Waals surface area contributed by atoms with Crippen molar-refractivity contribution < 1.29 is 4.74 Å². The first-order valence-electron chi connectivity index (χ1n) is 7.65. The van der Waals surface area contributed by atoms with Crippen molar-refractivity contribution in [3.05, 3.63) is 29.8 Å². The third-order valence-corrected chi connectivity index (χ3v) is 4.46. The average molecular weight is 261 g/mol. The van der Waals surface area contributed by atoms with Gasteiger partial charge < -0.3 is 10.5 Å². The smallest absolute Gasteiger partial charge is 0.124 e. The quantitative estimate of drug-likeness (QED) is 0.850. The second-order valence-electron chi connectivity index (χ2n) is 6.08. The molecule has 1 aliphatic rings. The third-order valence-electron chi connectivity index (χ3n) is 4.46. The fourth-order valence-electron chi connectivity index (χ4n) is 3.13. The summed E-state index contributed by atoms with van der Waals surface area (Å²) in [4.78, 5) is 0. The van der Waals surface area contributed by atoms with Gasteiger partial charge in [0.15, 0.2) is 0 Å². The molecule has 0 bridgehead atoms. The summed E-state index contributed by atoms with van der Waals surface area (Å²) in [7, 11) is 0. The van der Waals surface area contributed by atoms with E-state index in [1.807, 2.05) is 6.07 Å². The molecule has 19 heavy (non-hydrogen) atoms. The SMILES string of the molecule is CCCOc1ccccc1C(N)C1(C)CCCCC1. The van der Waals surface area contributed by atoms with Crippen molar-refractivity contribution in [2.75, 3.05) is 6.61 Å². The molecular formula is C17H27NO. The Morgan fingerprint density at radius 3 is 2.58 bits per heavy atom. The van der Waals surface area contributed by atoms with Gasteiger partial charge in [-0.3, -0.25) is 0 Å². The van der Waals surface area contributed by atoms with E-state index in [9.17, 15) is 0 Å². The largest absolute Gasteiger partial charge is 0.493 e. The van der Waals surface area contributed by atoms with E-state index in [1.165, 1.54) is 37.7 Å². The highest BCUT2D eigenvalue weighted by atomic mass is 16.5. The molecule has 1 aromatic rings. The topological polar surface area (TPSA) is 35.2 Å². The zero-order valence-corrected chi connectivity index (χ0v) is 12.3. The first kappa shape index (κ1) is 14.4. The zero-order chi connectivity index (χ0) is 13.7. The third kappa shape index (κ3) is 3.30. The number of ether oxygens (including phenoxy) is 1. The molecule has 1 aliphatic carbocycles. The highest BCUT2D eigenvalue weighted by Gasteiger charge is 2.35. The van der Waals surface area contributed by atoms with E-state index in [0.717, 1.165) is 18.8 Å². The molecule has 0 radical (unpaired) electrons. The van der Waals surface area contributed by atoms with E-state index in [1.54, 1.807) is 0 Å². The lowest BCUT2D eigenvalue weighted by Crippen LogP contribution is -2.34. The molecule has 2 rings (SSSR count). The van der Waals surface area contributed by atoms with Gasteiger partial charge in [0.1, 0.15) is 5.75 Å². The monoisotopic (exact) mass is 261 g/mol. The summed E-state index contributed by atoms with van der Waals surface area (Å²) in [5, 5.41) is 0. The summed E-state index contributed by atoms with van der Waals surface area (Å²) in [6.07, 6.45) is 7.47. The van der Waals surface area contributed by atoms with Gasteiger partial charge in [-0.15, -0.1) is 0 Å². The predicted octanol–water partition coefficient (Wildman–Crippen LogP) is 4.45. The lowest BCUT2D eigenvalue weighted by molar-refractivity contribution is 0.167. The van der Waals surface area contributed by atoms with Crippen molar-refractivity contribution in [1.29, 1.82) is 0 Å². The maximum atomic E-state index is 6.60. The average Bonchev–Trinajstić information content (AvgIpc) is 2.45. The van der Waals surface area contributed by atoms with Crippen LogP contribution >= 0.6 is 0 Å². The van der Waals surface area contributed by atoms with Gasteiger partial charge in [-0.25, -0.2) is 0 Å². The van der Waals surface area contributed by atoms with Crippen molar-refractivity contribution in [3.63, 3.8) is 0 Å². The van der Waals surface area contributed by atoms with Crippen LogP contribution in [0.2, 0.25) is 0 Å². The molecule has 1 atom stereocenters. The maximum absolute atomic E-state index is 6.60. The number of rotatable bonds is 5. The minimum Gasteiger partial charge on any atom is -0.493 e. The Hall–Kier alpha value is -1.02. The summed E-state index contributed by atoms with van der Waals surface area (Å²) in [6, 6.07) is 8.37. The number of para-hydroxylation sites is 1. The first-order valence-corrected chi connectivity index (χ1v) is 7.65. The predicted molar refractivity (Wildman–Crippen MR) is 80.3 cm³/mol. The van der Waals surface area contributed by atoms with E-state index in [-0.39, 0.29) is 11.5 Å². The number of hydrogen-bond acceptors (Lipinski definition) is 2. The van der Waals surface area contributed by atoms with Crippen molar-refractivity contribution in [1.82, 2.24) is 0 Å². The van der Waals surface area contributed by atoms with Crippen LogP contribution in [0, 0.1) is 5.41 Å². The van der Waals surface area contributed by atoms with Crippen LogP contribution in [-0.2, 0) is 0 Å². The second kappa shape index (κ2) is 6.42. The van der Waals surface area contributed by atoms with Crippen LogP contribution in [0.1, 0.15) is 64.0 Å². The second-order valence-corrected chi connectivity index (χ2v) is 6.08. The molecule has 1 saturated carbocycles. The van der Waals surface area contributed by atoms with Gasteiger partial charge in [0.25, 0.3) is 0 Å². The van der Waals surface area contributed by atoms with Gasteiger partial charge in [0.2, 0.25) is 0 Å². The van der Waals surface area contributed by atoms with Gasteiger partial charge in [0, 0.05) is 11.6 Å². The van der Waals surface area contributed by atoms with Crippen molar-refractivity contribution in [3.8, 4) is 5.75 Å². The van der Waals surface area contributed by atoms with Crippen LogP contribution in [0.3, 0.4) is 0 Å². The van der Waals surface area contributed by atoms with Gasteiger partial charge in [0.05, 0.1) is 6.61 Å². The molecular weight excluding hydrogens is 234 g/mol. The van der Waals surface area contributed by atoms with Crippen LogP contribution in [0.15, 0.2) is 24.3 Å². The molecule has 106 valence electrons. The Morgan fingerprint density at radius 1 is 1.21 bits per heavy atom. The number of nitrogens with two attached hydrogens (primary N) is 1. The lowest BCUT2D eigenvalue weighted by atomic mass is 9.69. The minimum atomic E-state index is 0.0841. The van der Waals surface area contributed by atoms with Crippen molar-refractivity contribution in [2.24, 2.45) is 11.1 Å². The fraction of sp³-hybridized carbons (Fsp3) is 0.647. The molecule has 0 aliphatic heterocycles. The summed E-state index contributed by atoms with van der Waals surface area (Å²) in [6.45, 7) is 5.23. The van der Waals surface area contributed by atoms with E-state index >= 15 is 0 Å². The lowest BCUT2D eigenvalue weighted by Gasteiger charge is -2.39. The Labute approximate surface area is 117 Å². The molecule has 0 aromatic heterocycles. The van der Waals surface area contributed by atoms with Gasteiger partial charge in [-0.05, 0) is 30.7 Å². The Bertz CT molecular complexity index is 396. The molecule has 0 spiro atoms. The van der Waals surface area contributed by atoms with Crippen molar-refractivity contribution >= 4 is 0 Å². The molecule has 1 fully saturated rings. The number of hydrogen-bond donors (Lipinski definition) is 1. The molecule has 0 saturated heterocycles. The molecule has 2 N–H and O–H groups in total. The van der Waals surface area contributed by atoms with Gasteiger partial charge >= 0.3 is 0 Å². The van der Waals surface area contributed by atoms with E-state index in [2.05, 4.69) is 32.0 Å². The van der Waals surface area contributed by atoms with Crippen molar-refractivity contribution in [2.45, 2.75) is 58.4 Å². The van der Waals surface area contributed by atoms with Crippen LogP contribution in [0.5, 0.6) is 5.75 Å². The molecule has 0 amide bonds.